The van der Waals surface area contributed by atoms with Crippen molar-refractivity contribution in [1.82, 2.24) is 24.8 Å². The van der Waals surface area contributed by atoms with Crippen molar-refractivity contribution in [2.45, 2.75) is 44.8 Å². The number of ketones is 1. The molecule has 146 valence electrons. The van der Waals surface area contributed by atoms with Crippen LogP contribution in [0.4, 0.5) is 0 Å². The number of Topliss-reactive ketones (excluding diaryl/α,β-unsaturated/α-hetero) is 1. The molecule has 0 amide bonds. The summed E-state index contributed by atoms with van der Waals surface area (Å²) in [6.45, 7) is 6.59. The Kier molecular flexibility index (Phi) is 5.21. The molecule has 0 aliphatic heterocycles. The summed E-state index contributed by atoms with van der Waals surface area (Å²) in [5.41, 5.74) is 3.78. The Morgan fingerprint density at radius 3 is 2.82 bits per heavy atom. The van der Waals surface area contributed by atoms with Gasteiger partial charge in [0.05, 0.1) is 12.4 Å². The van der Waals surface area contributed by atoms with Crippen molar-refractivity contribution in [3.8, 4) is 11.4 Å². The number of benzene rings is 1. The fraction of sp³-hybridized carbons (Fsp3) is 0.400. The maximum atomic E-state index is 12.8. The van der Waals surface area contributed by atoms with E-state index in [0.717, 1.165) is 22.6 Å². The van der Waals surface area contributed by atoms with Crippen molar-refractivity contribution < 1.29 is 9.53 Å². The van der Waals surface area contributed by atoms with Gasteiger partial charge in [-0.25, -0.2) is 0 Å². The van der Waals surface area contributed by atoms with Crippen molar-refractivity contribution in [2.24, 2.45) is 0 Å². The Bertz CT molecular complexity index is 1010. The molecule has 1 aliphatic carbocycles. The summed E-state index contributed by atoms with van der Waals surface area (Å²) in [7, 11) is 0. The molecular weight excluding hydrogens is 374 g/mol. The van der Waals surface area contributed by atoms with Crippen LogP contribution in [0, 0.1) is 13.8 Å². The number of para-hydroxylation sites is 2. The Labute approximate surface area is 168 Å². The highest BCUT2D eigenvalue weighted by atomic mass is 32.2. The Balaban J connectivity index is 1.52. The fourth-order valence-corrected chi connectivity index (χ4v) is 4.26. The van der Waals surface area contributed by atoms with Gasteiger partial charge in [0.25, 0.3) is 0 Å². The van der Waals surface area contributed by atoms with Gasteiger partial charge in [0.15, 0.2) is 5.78 Å². The number of thioether (sulfide) groups is 1. The zero-order valence-corrected chi connectivity index (χ0v) is 17.1. The summed E-state index contributed by atoms with van der Waals surface area (Å²) >= 11 is 1.34. The second-order valence-electron chi connectivity index (χ2n) is 6.87. The molecule has 1 saturated carbocycles. The number of aryl methyl sites for hydroxylation is 1. The first kappa shape index (κ1) is 18.7. The van der Waals surface area contributed by atoms with Gasteiger partial charge >= 0.3 is 0 Å². The van der Waals surface area contributed by atoms with Gasteiger partial charge in [-0.1, -0.05) is 23.9 Å². The zero-order chi connectivity index (χ0) is 19.7. The number of hydrogen-bond acceptors (Lipinski definition) is 6. The molecule has 2 heterocycles. The molecule has 2 aromatic heterocycles. The molecule has 4 rings (SSSR count). The molecule has 0 spiro atoms. The minimum Gasteiger partial charge on any atom is -0.492 e. The first-order valence-corrected chi connectivity index (χ1v) is 10.4. The molecule has 3 aromatic rings. The highest BCUT2D eigenvalue weighted by Gasteiger charge is 2.28. The normalized spacial score (nSPS) is 13.7. The smallest absolute Gasteiger partial charge is 0.214 e. The largest absolute Gasteiger partial charge is 0.492 e. The quantitative estimate of drug-likeness (QED) is 0.425. The highest BCUT2D eigenvalue weighted by Crippen LogP contribution is 2.38. The van der Waals surface area contributed by atoms with Crippen LogP contribution in [0.1, 0.15) is 47.6 Å². The molecule has 7 nitrogen and oxygen atoms in total. The van der Waals surface area contributed by atoms with Gasteiger partial charge in [-0.2, -0.15) is 4.68 Å². The summed E-state index contributed by atoms with van der Waals surface area (Å²) in [4.78, 5) is 12.8. The molecule has 1 aromatic carbocycles. The predicted octanol–water partition coefficient (Wildman–Crippen LogP) is 3.79. The van der Waals surface area contributed by atoms with Gasteiger partial charge in [-0.15, -0.1) is 5.10 Å². The van der Waals surface area contributed by atoms with Gasteiger partial charge < -0.3 is 9.30 Å². The second kappa shape index (κ2) is 7.79. The first-order valence-electron chi connectivity index (χ1n) is 9.45. The highest BCUT2D eigenvalue weighted by molar-refractivity contribution is 7.99. The van der Waals surface area contributed by atoms with E-state index in [1.165, 1.54) is 24.6 Å². The summed E-state index contributed by atoms with van der Waals surface area (Å²) in [5, 5.41) is 12.5. The number of tetrazole rings is 1. The second-order valence-corrected chi connectivity index (χ2v) is 7.81. The predicted molar refractivity (Wildman–Crippen MR) is 108 cm³/mol. The standard InChI is InChI=1S/C20H23N5O2S/c1-4-27-19-8-6-5-7-17(19)25-20(21-22-23-25)28-12-18(26)16-11-13(2)24(14(16)3)15-9-10-15/h5-8,11,15H,4,9-10,12H2,1-3H3. The number of carbonyl (C=O) groups excluding carboxylic acids is 1. The fourth-order valence-electron chi connectivity index (χ4n) is 3.49. The third-order valence-corrected chi connectivity index (χ3v) is 5.78. The van der Waals surface area contributed by atoms with Crippen LogP contribution in [0.5, 0.6) is 5.75 Å². The summed E-state index contributed by atoms with van der Waals surface area (Å²) in [6.07, 6.45) is 2.40. The van der Waals surface area contributed by atoms with Crippen LogP contribution in [-0.4, -0.2) is 42.9 Å². The Hall–Kier alpha value is -2.61. The molecule has 1 aliphatic rings. The van der Waals surface area contributed by atoms with E-state index in [4.69, 9.17) is 4.74 Å². The molecular formula is C20H23N5O2S. The molecule has 0 bridgehead atoms. The average molecular weight is 398 g/mol. The van der Waals surface area contributed by atoms with Crippen molar-refractivity contribution in [2.75, 3.05) is 12.4 Å². The maximum Gasteiger partial charge on any atom is 0.214 e. The van der Waals surface area contributed by atoms with Crippen LogP contribution >= 0.6 is 11.8 Å². The number of aromatic nitrogens is 5. The third-order valence-electron chi connectivity index (χ3n) is 4.86. The van der Waals surface area contributed by atoms with Crippen molar-refractivity contribution >= 4 is 17.5 Å². The van der Waals surface area contributed by atoms with Gasteiger partial charge in [-0.3, -0.25) is 4.79 Å². The van der Waals surface area contributed by atoms with E-state index in [0.29, 0.717) is 23.6 Å². The van der Waals surface area contributed by atoms with E-state index in [1.54, 1.807) is 4.68 Å². The van der Waals surface area contributed by atoms with Crippen molar-refractivity contribution in [1.29, 1.82) is 0 Å². The monoisotopic (exact) mass is 397 g/mol. The molecule has 28 heavy (non-hydrogen) atoms. The number of nitrogens with zero attached hydrogens (tertiary/aromatic N) is 5. The lowest BCUT2D eigenvalue weighted by Crippen LogP contribution is -2.08. The van der Waals surface area contributed by atoms with E-state index in [-0.39, 0.29) is 11.5 Å². The molecule has 0 N–H and O–H groups in total. The topological polar surface area (TPSA) is 74.8 Å². The minimum absolute atomic E-state index is 0.0950. The van der Waals surface area contributed by atoms with Crippen LogP contribution in [0.25, 0.3) is 5.69 Å². The van der Waals surface area contributed by atoms with E-state index in [1.807, 2.05) is 44.2 Å². The maximum absolute atomic E-state index is 12.8. The van der Waals surface area contributed by atoms with E-state index in [2.05, 4.69) is 27.0 Å². The molecule has 0 unspecified atom stereocenters. The molecule has 1 fully saturated rings. The van der Waals surface area contributed by atoms with Crippen molar-refractivity contribution in [3.63, 3.8) is 0 Å². The van der Waals surface area contributed by atoms with E-state index < -0.39 is 0 Å². The van der Waals surface area contributed by atoms with Gasteiger partial charge in [-0.05, 0) is 62.2 Å². The van der Waals surface area contributed by atoms with E-state index in [9.17, 15) is 4.79 Å². The molecule has 0 radical (unpaired) electrons. The number of carbonyl (C=O) groups is 1. The van der Waals surface area contributed by atoms with Gasteiger partial charge in [0.2, 0.25) is 5.16 Å². The van der Waals surface area contributed by atoms with Gasteiger partial charge in [0, 0.05) is 23.0 Å². The summed E-state index contributed by atoms with van der Waals surface area (Å²) in [6, 6.07) is 10.2. The third kappa shape index (κ3) is 3.56. The molecule has 8 heteroatoms. The average Bonchev–Trinajstić information content (AvgIpc) is 3.32. The summed E-state index contributed by atoms with van der Waals surface area (Å²) < 4.78 is 9.59. The summed E-state index contributed by atoms with van der Waals surface area (Å²) in [5.74, 6) is 1.09. The number of ether oxygens (including phenoxy) is 1. The van der Waals surface area contributed by atoms with Crippen LogP contribution in [0.15, 0.2) is 35.5 Å². The zero-order valence-electron chi connectivity index (χ0n) is 16.3. The Morgan fingerprint density at radius 1 is 1.29 bits per heavy atom. The lowest BCUT2D eigenvalue weighted by molar-refractivity contribution is 0.102. The number of rotatable bonds is 8. The SMILES string of the molecule is CCOc1ccccc1-n1nnnc1SCC(=O)c1cc(C)n(C2CC2)c1C. The Morgan fingerprint density at radius 2 is 2.07 bits per heavy atom. The minimum atomic E-state index is 0.0950. The lowest BCUT2D eigenvalue weighted by atomic mass is 10.2. The van der Waals surface area contributed by atoms with Crippen molar-refractivity contribution in [3.05, 3.63) is 47.3 Å². The van der Waals surface area contributed by atoms with E-state index >= 15 is 0 Å². The van der Waals surface area contributed by atoms with Gasteiger partial charge in [0.1, 0.15) is 11.4 Å². The van der Waals surface area contributed by atoms with Crippen LogP contribution < -0.4 is 4.74 Å². The van der Waals surface area contributed by atoms with Crippen LogP contribution in [-0.2, 0) is 0 Å². The first-order chi connectivity index (χ1) is 13.6. The van der Waals surface area contributed by atoms with Crippen LogP contribution in [0.3, 0.4) is 0 Å². The molecule has 0 atom stereocenters. The van der Waals surface area contributed by atoms with Crippen LogP contribution in [0.2, 0.25) is 0 Å². The number of hydrogen-bond donors (Lipinski definition) is 0. The lowest BCUT2D eigenvalue weighted by Gasteiger charge is -2.10. The molecule has 0 saturated heterocycles.